The lowest BCUT2D eigenvalue weighted by Gasteiger charge is -2.42. The Kier molecular flexibility index (Phi) is 7.91. The minimum Gasteiger partial charge on any atom is -0.361 e. The van der Waals surface area contributed by atoms with Gasteiger partial charge < -0.3 is 19.7 Å². The Labute approximate surface area is 256 Å². The zero-order valence-electron chi connectivity index (χ0n) is 22.4. The fraction of sp³-hybridized carbons (Fsp3) is 0.258. The number of H-pyrrole nitrogens is 1. The van der Waals surface area contributed by atoms with Crippen molar-refractivity contribution in [1.82, 2.24) is 19.7 Å². The third-order valence-electron chi connectivity index (χ3n) is 7.95. The number of hydrogen-bond acceptors (Lipinski definition) is 4. The number of nitrogens with one attached hydrogen (secondary N) is 1. The Hall–Kier alpha value is -3.53. The molecule has 42 heavy (non-hydrogen) atoms. The monoisotopic (exact) mass is 624 g/mol. The van der Waals surface area contributed by atoms with Gasteiger partial charge in [-0.15, -0.1) is 11.8 Å². The highest BCUT2D eigenvalue weighted by Gasteiger charge is 2.59. The highest BCUT2D eigenvalue weighted by molar-refractivity contribution is 8.01. The normalized spacial score (nSPS) is 20.9. The Morgan fingerprint density at radius 1 is 1.05 bits per heavy atom. The van der Waals surface area contributed by atoms with Crippen LogP contribution in [-0.4, -0.2) is 68.8 Å². The second-order valence-corrected chi connectivity index (χ2v) is 12.8. The van der Waals surface area contributed by atoms with Crippen LogP contribution in [0.1, 0.15) is 23.6 Å². The van der Waals surface area contributed by atoms with Crippen LogP contribution < -0.4 is 0 Å². The van der Waals surface area contributed by atoms with Gasteiger partial charge in [-0.05, 0) is 42.0 Å². The van der Waals surface area contributed by atoms with Crippen LogP contribution in [0, 0.1) is 5.82 Å². The number of rotatable bonds is 7. The van der Waals surface area contributed by atoms with E-state index in [9.17, 15) is 18.8 Å². The lowest BCUT2D eigenvalue weighted by Crippen LogP contribution is -2.56. The molecule has 0 aliphatic carbocycles. The van der Waals surface area contributed by atoms with Crippen LogP contribution >= 0.6 is 35.0 Å². The highest BCUT2D eigenvalue weighted by Crippen LogP contribution is 2.55. The summed E-state index contributed by atoms with van der Waals surface area (Å²) in [5, 5.41) is 1.39. The molecule has 3 heterocycles. The van der Waals surface area contributed by atoms with Gasteiger partial charge >= 0.3 is 0 Å². The van der Waals surface area contributed by atoms with E-state index in [-0.39, 0.29) is 29.8 Å². The van der Waals surface area contributed by atoms with Gasteiger partial charge in [-0.1, -0.05) is 53.5 Å². The summed E-state index contributed by atoms with van der Waals surface area (Å²) in [6.45, 7) is 1.64. The summed E-state index contributed by atoms with van der Waals surface area (Å²) in [5.41, 5.74) is 2.11. The molecule has 6 rings (SSSR count). The van der Waals surface area contributed by atoms with Crippen LogP contribution in [0.25, 0.3) is 10.9 Å². The van der Waals surface area contributed by atoms with Crippen molar-refractivity contribution in [2.45, 2.75) is 28.6 Å². The van der Waals surface area contributed by atoms with Crippen molar-refractivity contribution in [3.05, 3.63) is 99.9 Å². The van der Waals surface area contributed by atoms with Gasteiger partial charge in [0, 0.05) is 65.3 Å². The first-order valence-electron chi connectivity index (χ1n) is 13.5. The molecule has 11 heteroatoms. The van der Waals surface area contributed by atoms with Crippen molar-refractivity contribution in [2.24, 2.45) is 0 Å². The molecule has 2 saturated heterocycles. The number of benzene rings is 3. The van der Waals surface area contributed by atoms with Crippen LogP contribution in [0.4, 0.5) is 4.39 Å². The molecule has 0 radical (unpaired) electrons. The summed E-state index contributed by atoms with van der Waals surface area (Å²) < 4.78 is 13.2. The number of amides is 3. The van der Waals surface area contributed by atoms with Gasteiger partial charge in [0.25, 0.3) is 0 Å². The Balaban J connectivity index is 1.51. The van der Waals surface area contributed by atoms with Gasteiger partial charge in [-0.25, -0.2) is 4.39 Å². The SMILES string of the molecule is O=CN1CCN(C(=O)[C@]2(Sc3ccccc3)CC(=O)N(Cc3ccc(Cl)c(F)c3)[C@H]2c2c[nH]c3cc(Cl)ccc23)CC1. The lowest BCUT2D eigenvalue weighted by molar-refractivity contribution is -0.138. The first kappa shape index (κ1) is 28.6. The zero-order valence-corrected chi connectivity index (χ0v) is 24.8. The van der Waals surface area contributed by atoms with E-state index < -0.39 is 16.6 Å². The molecular formula is C31H27Cl2FN4O3S. The van der Waals surface area contributed by atoms with Gasteiger partial charge in [-0.3, -0.25) is 14.4 Å². The Bertz CT molecular complexity index is 1660. The van der Waals surface area contributed by atoms with Crippen LogP contribution in [0.3, 0.4) is 0 Å². The summed E-state index contributed by atoms with van der Waals surface area (Å²) in [6, 6.07) is 18.8. The molecule has 1 aromatic heterocycles. The summed E-state index contributed by atoms with van der Waals surface area (Å²) >= 11 is 13.6. The molecule has 2 atom stereocenters. The highest BCUT2D eigenvalue weighted by atomic mass is 35.5. The quantitative estimate of drug-likeness (QED) is 0.259. The minimum atomic E-state index is -1.25. The molecule has 3 amide bonds. The Morgan fingerprint density at radius 2 is 1.81 bits per heavy atom. The van der Waals surface area contributed by atoms with Gasteiger partial charge in [-0.2, -0.15) is 0 Å². The van der Waals surface area contributed by atoms with E-state index in [0.717, 1.165) is 27.8 Å². The van der Waals surface area contributed by atoms with Gasteiger partial charge in [0.2, 0.25) is 18.2 Å². The summed E-state index contributed by atoms with van der Waals surface area (Å²) in [6.07, 6.45) is 2.57. The number of carbonyl (C=O) groups excluding carboxylic acids is 3. The van der Waals surface area contributed by atoms with E-state index in [4.69, 9.17) is 23.2 Å². The van der Waals surface area contributed by atoms with Crippen molar-refractivity contribution < 1.29 is 18.8 Å². The number of likely N-dealkylation sites (tertiary alicyclic amines) is 1. The molecule has 0 unspecified atom stereocenters. The van der Waals surface area contributed by atoms with Crippen LogP contribution in [0.2, 0.25) is 10.0 Å². The van der Waals surface area contributed by atoms with Crippen molar-refractivity contribution in [2.75, 3.05) is 26.2 Å². The molecule has 0 spiro atoms. The first-order chi connectivity index (χ1) is 20.3. The first-order valence-corrected chi connectivity index (χ1v) is 15.1. The van der Waals surface area contributed by atoms with E-state index >= 15 is 0 Å². The molecule has 1 N–H and O–H groups in total. The third kappa shape index (κ3) is 5.25. The van der Waals surface area contributed by atoms with E-state index in [1.807, 2.05) is 48.7 Å². The number of carbonyl (C=O) groups is 3. The second kappa shape index (κ2) is 11.6. The number of halogens is 3. The molecule has 0 saturated carbocycles. The average molecular weight is 626 g/mol. The third-order valence-corrected chi connectivity index (χ3v) is 9.91. The Morgan fingerprint density at radius 3 is 2.52 bits per heavy atom. The minimum absolute atomic E-state index is 0.00446. The maximum absolute atomic E-state index is 14.8. The molecule has 216 valence electrons. The molecule has 7 nitrogen and oxygen atoms in total. The number of piperazine rings is 1. The number of nitrogens with zero attached hydrogens (tertiary/aromatic N) is 3. The molecule has 3 aromatic carbocycles. The van der Waals surface area contributed by atoms with Crippen molar-refractivity contribution >= 4 is 64.1 Å². The molecule has 4 aromatic rings. The van der Waals surface area contributed by atoms with Gasteiger partial charge in [0.05, 0.1) is 17.5 Å². The van der Waals surface area contributed by atoms with Crippen LogP contribution in [-0.2, 0) is 20.9 Å². The van der Waals surface area contributed by atoms with Crippen molar-refractivity contribution in [1.29, 1.82) is 0 Å². The van der Waals surface area contributed by atoms with E-state index in [2.05, 4.69) is 4.98 Å². The molecule has 0 bridgehead atoms. The van der Waals surface area contributed by atoms with Crippen molar-refractivity contribution in [3.8, 4) is 0 Å². The number of hydrogen-bond donors (Lipinski definition) is 1. The standard InChI is InChI=1S/C31H27Cl2FN4O3S/c32-21-7-8-23-24(17-35-27(23)15-21)29-31(42-22-4-2-1-3-5-22,30(41)37-12-10-36(19-39)11-13-37)16-28(40)38(29)18-20-6-9-25(33)26(34)14-20/h1-9,14-15,17,19,29,35H,10-13,16,18H2/t29-,31-/m0/s1. The van der Waals surface area contributed by atoms with E-state index in [1.165, 1.54) is 23.9 Å². The summed E-state index contributed by atoms with van der Waals surface area (Å²) in [4.78, 5) is 49.4. The van der Waals surface area contributed by atoms with Crippen LogP contribution in [0.15, 0.2) is 77.8 Å². The summed E-state index contributed by atoms with van der Waals surface area (Å²) in [7, 11) is 0. The zero-order chi connectivity index (χ0) is 29.4. The maximum Gasteiger partial charge on any atom is 0.242 e. The number of aromatic amines is 1. The van der Waals surface area contributed by atoms with Crippen molar-refractivity contribution in [3.63, 3.8) is 0 Å². The van der Waals surface area contributed by atoms with Crippen LogP contribution in [0.5, 0.6) is 0 Å². The number of fused-ring (bicyclic) bond motifs is 1. The van der Waals surface area contributed by atoms with Gasteiger partial charge in [0.15, 0.2) is 0 Å². The fourth-order valence-corrected chi connectivity index (χ4v) is 7.71. The maximum atomic E-state index is 14.8. The smallest absolute Gasteiger partial charge is 0.242 e. The topological polar surface area (TPSA) is 76.7 Å². The molecule has 2 aliphatic rings. The number of thioether (sulfide) groups is 1. The average Bonchev–Trinajstić information content (AvgIpc) is 3.52. The molecule has 2 aliphatic heterocycles. The fourth-order valence-electron chi connectivity index (χ4n) is 5.92. The molecule has 2 fully saturated rings. The second-order valence-electron chi connectivity index (χ2n) is 10.5. The largest absolute Gasteiger partial charge is 0.361 e. The predicted molar refractivity (Wildman–Crippen MR) is 162 cm³/mol. The van der Waals surface area contributed by atoms with Gasteiger partial charge in [0.1, 0.15) is 10.6 Å². The lowest BCUT2D eigenvalue weighted by atomic mass is 9.90. The van der Waals surface area contributed by atoms with E-state index in [1.54, 1.807) is 26.8 Å². The van der Waals surface area contributed by atoms with E-state index in [0.29, 0.717) is 36.8 Å². The summed E-state index contributed by atoms with van der Waals surface area (Å²) in [5.74, 6) is -0.969. The predicted octanol–water partition coefficient (Wildman–Crippen LogP) is 5.92. The molecular weight excluding hydrogens is 598 g/mol. The number of aromatic nitrogens is 1.